The third-order valence-electron chi connectivity index (χ3n) is 3.83. The number of esters is 1. The predicted octanol–water partition coefficient (Wildman–Crippen LogP) is 1.60. The molecule has 25 heavy (non-hydrogen) atoms. The number of benzene rings is 1. The van der Waals surface area contributed by atoms with E-state index in [0.29, 0.717) is 24.3 Å². The van der Waals surface area contributed by atoms with Crippen molar-refractivity contribution in [3.05, 3.63) is 29.3 Å². The number of ketones is 1. The Bertz CT molecular complexity index is 659. The number of hydrogen-bond acceptors (Lipinski definition) is 5. The number of Topliss-reactive ketones (excluding diaryl/α,β-unsaturated/α-hetero) is 1. The van der Waals surface area contributed by atoms with Crippen molar-refractivity contribution in [1.29, 1.82) is 0 Å². The van der Waals surface area contributed by atoms with Crippen molar-refractivity contribution < 1.29 is 23.8 Å². The Balaban J connectivity index is 1.99. The molecule has 0 aliphatic carbocycles. The highest BCUT2D eigenvalue weighted by atomic mass is 16.5. The van der Waals surface area contributed by atoms with Crippen LogP contribution in [0, 0.1) is 5.92 Å². The Morgan fingerprint density at radius 3 is 2.76 bits per heavy atom. The molecule has 0 bridgehead atoms. The van der Waals surface area contributed by atoms with Crippen LogP contribution in [0.1, 0.15) is 49.5 Å². The summed E-state index contributed by atoms with van der Waals surface area (Å²) in [7, 11) is 0.285. The summed E-state index contributed by atoms with van der Waals surface area (Å²) in [4.78, 5) is 35.0. The van der Waals surface area contributed by atoms with Crippen molar-refractivity contribution in [3.8, 4) is 5.75 Å². The molecule has 0 saturated heterocycles. The SMILES string of the molecule is CC(=O)CCC(=O)N[C@@H]1BOc2c(cccc2C(=O)OCC(C)C)C1. The minimum atomic E-state index is -0.394. The predicted molar refractivity (Wildman–Crippen MR) is 94.9 cm³/mol. The first-order chi connectivity index (χ1) is 11.9. The van der Waals surface area contributed by atoms with E-state index >= 15 is 0 Å². The lowest BCUT2D eigenvalue weighted by atomic mass is 9.79. The van der Waals surface area contributed by atoms with E-state index in [-0.39, 0.29) is 43.9 Å². The highest BCUT2D eigenvalue weighted by Crippen LogP contribution is 2.29. The van der Waals surface area contributed by atoms with Gasteiger partial charge in [0.25, 0.3) is 0 Å². The van der Waals surface area contributed by atoms with Gasteiger partial charge in [0, 0.05) is 18.8 Å². The monoisotopic (exact) mass is 345 g/mol. The van der Waals surface area contributed by atoms with Gasteiger partial charge in [0.05, 0.1) is 6.61 Å². The first kappa shape index (κ1) is 19.0. The van der Waals surface area contributed by atoms with Gasteiger partial charge in [0.15, 0.2) is 0 Å². The molecule has 134 valence electrons. The summed E-state index contributed by atoms with van der Waals surface area (Å²) in [6, 6.07) is 5.35. The quantitative estimate of drug-likeness (QED) is 0.600. The molecule has 0 fully saturated rings. The molecular weight excluding hydrogens is 321 g/mol. The highest BCUT2D eigenvalue weighted by molar-refractivity contribution is 6.32. The molecule has 0 aromatic heterocycles. The molecule has 1 amide bonds. The zero-order valence-electron chi connectivity index (χ0n) is 15.0. The van der Waals surface area contributed by atoms with Gasteiger partial charge in [0.2, 0.25) is 5.91 Å². The van der Waals surface area contributed by atoms with Crippen molar-refractivity contribution in [3.63, 3.8) is 0 Å². The topological polar surface area (TPSA) is 81.7 Å². The van der Waals surface area contributed by atoms with E-state index in [1.165, 1.54) is 6.92 Å². The molecule has 0 unspecified atom stereocenters. The molecule has 0 radical (unpaired) electrons. The molecule has 1 N–H and O–H groups in total. The molecule has 6 nitrogen and oxygen atoms in total. The summed E-state index contributed by atoms with van der Waals surface area (Å²) < 4.78 is 11.0. The smallest absolute Gasteiger partial charge is 0.363 e. The number of fused-ring (bicyclic) bond motifs is 1. The molecule has 0 saturated carbocycles. The van der Waals surface area contributed by atoms with Crippen LogP contribution in [0.25, 0.3) is 0 Å². The van der Waals surface area contributed by atoms with Gasteiger partial charge in [0.1, 0.15) is 17.1 Å². The van der Waals surface area contributed by atoms with Crippen LogP contribution in [0.2, 0.25) is 0 Å². The van der Waals surface area contributed by atoms with Gasteiger partial charge in [-0.15, -0.1) is 0 Å². The number of carbonyl (C=O) groups excluding carboxylic acids is 3. The van der Waals surface area contributed by atoms with Gasteiger partial charge in [-0.1, -0.05) is 26.0 Å². The van der Waals surface area contributed by atoms with Crippen LogP contribution in [-0.4, -0.2) is 37.7 Å². The van der Waals surface area contributed by atoms with E-state index in [2.05, 4.69) is 5.32 Å². The zero-order chi connectivity index (χ0) is 18.4. The molecule has 1 atom stereocenters. The van der Waals surface area contributed by atoms with Crippen LogP contribution >= 0.6 is 0 Å². The second kappa shape index (κ2) is 8.69. The Morgan fingerprint density at radius 1 is 1.32 bits per heavy atom. The van der Waals surface area contributed by atoms with Gasteiger partial charge < -0.3 is 19.5 Å². The maximum atomic E-state index is 12.2. The molecule has 2 rings (SSSR count). The largest absolute Gasteiger partial charge is 0.561 e. The average molecular weight is 345 g/mol. The average Bonchev–Trinajstić information content (AvgIpc) is 2.57. The fourth-order valence-electron chi connectivity index (χ4n) is 2.59. The molecule has 1 aliphatic rings. The van der Waals surface area contributed by atoms with Crippen molar-refractivity contribution in [2.75, 3.05) is 6.61 Å². The minimum Gasteiger partial charge on any atom is -0.561 e. The number of para-hydroxylation sites is 1. The molecule has 1 aliphatic heterocycles. The normalized spacial score (nSPS) is 15.6. The number of amides is 1. The van der Waals surface area contributed by atoms with E-state index in [0.717, 1.165) is 5.56 Å². The maximum absolute atomic E-state index is 12.2. The zero-order valence-corrected chi connectivity index (χ0v) is 15.0. The number of carbonyl (C=O) groups is 3. The van der Waals surface area contributed by atoms with Crippen molar-refractivity contribution in [2.24, 2.45) is 5.92 Å². The Labute approximate surface area is 148 Å². The summed E-state index contributed by atoms with van der Waals surface area (Å²) in [5, 5.41) is 2.87. The fourth-order valence-corrected chi connectivity index (χ4v) is 2.59. The molecule has 0 spiro atoms. The molecular formula is C18H24BNO5. The first-order valence-electron chi connectivity index (χ1n) is 8.57. The number of rotatable bonds is 7. The van der Waals surface area contributed by atoms with Gasteiger partial charge >= 0.3 is 13.5 Å². The summed E-state index contributed by atoms with van der Waals surface area (Å²) in [5.74, 6) is 0.0533. The van der Waals surface area contributed by atoms with Crippen molar-refractivity contribution in [2.45, 2.75) is 46.0 Å². The molecule has 1 aromatic rings. The highest BCUT2D eigenvalue weighted by Gasteiger charge is 2.27. The van der Waals surface area contributed by atoms with Crippen LogP contribution in [0.15, 0.2) is 18.2 Å². The Morgan fingerprint density at radius 2 is 2.08 bits per heavy atom. The Kier molecular flexibility index (Phi) is 6.61. The van der Waals surface area contributed by atoms with Crippen LogP contribution in [0.5, 0.6) is 5.75 Å². The summed E-state index contributed by atoms with van der Waals surface area (Å²) in [6.07, 6.45) is 0.995. The Hall–Kier alpha value is -2.31. The van der Waals surface area contributed by atoms with Gasteiger partial charge in [-0.2, -0.15) is 0 Å². The summed E-state index contributed by atoms with van der Waals surface area (Å²) >= 11 is 0. The molecule has 1 heterocycles. The van der Waals surface area contributed by atoms with Gasteiger partial charge in [-0.3, -0.25) is 4.79 Å². The number of nitrogens with one attached hydrogen (secondary N) is 1. The number of ether oxygens (including phenoxy) is 1. The summed E-state index contributed by atoms with van der Waals surface area (Å²) in [6.45, 7) is 5.78. The van der Waals surface area contributed by atoms with Crippen LogP contribution in [0.4, 0.5) is 0 Å². The van der Waals surface area contributed by atoms with E-state index in [1.807, 2.05) is 19.9 Å². The third kappa shape index (κ3) is 5.62. The second-order valence-electron chi connectivity index (χ2n) is 6.77. The van der Waals surface area contributed by atoms with E-state index in [9.17, 15) is 14.4 Å². The van der Waals surface area contributed by atoms with Crippen molar-refractivity contribution >= 4 is 25.1 Å². The standard InChI is InChI=1S/C18H24BNO5/c1-11(2)10-24-18(23)14-6-4-5-13-9-15(19-25-17(13)14)20-16(22)8-7-12(3)21/h4-6,11,15,19H,7-10H2,1-3H3,(H,20,22)/t15-/m0/s1. The van der Waals surface area contributed by atoms with Crippen LogP contribution in [0.3, 0.4) is 0 Å². The minimum absolute atomic E-state index is 0.00931. The van der Waals surface area contributed by atoms with E-state index < -0.39 is 5.97 Å². The van der Waals surface area contributed by atoms with Gasteiger partial charge in [-0.05, 0) is 30.9 Å². The van der Waals surface area contributed by atoms with Crippen LogP contribution in [-0.2, 0) is 20.7 Å². The third-order valence-corrected chi connectivity index (χ3v) is 3.83. The lowest BCUT2D eigenvalue weighted by Crippen LogP contribution is -2.45. The fraction of sp³-hybridized carbons (Fsp3) is 0.500. The van der Waals surface area contributed by atoms with Gasteiger partial charge in [-0.25, -0.2) is 4.79 Å². The van der Waals surface area contributed by atoms with Crippen LogP contribution < -0.4 is 9.97 Å². The lowest BCUT2D eigenvalue weighted by molar-refractivity contribution is -0.124. The molecule has 7 heteroatoms. The number of hydrogen-bond donors (Lipinski definition) is 1. The molecule has 1 aromatic carbocycles. The summed E-state index contributed by atoms with van der Waals surface area (Å²) in [5.41, 5.74) is 1.28. The van der Waals surface area contributed by atoms with E-state index in [4.69, 9.17) is 9.39 Å². The van der Waals surface area contributed by atoms with E-state index in [1.54, 1.807) is 12.1 Å². The van der Waals surface area contributed by atoms with Crippen molar-refractivity contribution in [1.82, 2.24) is 5.32 Å². The lowest BCUT2D eigenvalue weighted by Gasteiger charge is -2.26. The second-order valence-corrected chi connectivity index (χ2v) is 6.77. The maximum Gasteiger partial charge on any atom is 0.363 e. The first-order valence-corrected chi connectivity index (χ1v) is 8.57.